The molecule has 0 spiro atoms. The highest BCUT2D eigenvalue weighted by Crippen LogP contribution is 2.25. The Kier molecular flexibility index (Phi) is 10.6. The molecule has 0 radical (unpaired) electrons. The van der Waals surface area contributed by atoms with E-state index in [-0.39, 0.29) is 0 Å². The lowest BCUT2D eigenvalue weighted by molar-refractivity contribution is 0.386. The Balaban J connectivity index is 4.29. The van der Waals surface area contributed by atoms with Crippen LogP contribution in [0.5, 0.6) is 0 Å². The second-order valence-corrected chi connectivity index (χ2v) is 20.1. The van der Waals surface area contributed by atoms with Crippen molar-refractivity contribution in [2.45, 2.75) is 64.2 Å². The quantitative estimate of drug-likeness (QED) is 0.345. The van der Waals surface area contributed by atoms with Gasteiger partial charge in [0.25, 0.3) is 0 Å². The molecule has 0 saturated carbocycles. The summed E-state index contributed by atoms with van der Waals surface area (Å²) in [6.07, 6.45) is 2.20. The minimum atomic E-state index is -2.06. The third-order valence-corrected chi connectivity index (χ3v) is 14.9. The average Bonchev–Trinajstić information content (AvgIpc) is 2.33. The molecule has 8 heteroatoms. The van der Waals surface area contributed by atoms with Gasteiger partial charge in [0.1, 0.15) is 0 Å². The Morgan fingerprint density at radius 2 is 1.23 bits per heavy atom. The van der Waals surface area contributed by atoms with E-state index in [1.807, 2.05) is 0 Å². The van der Waals surface area contributed by atoms with E-state index < -0.39 is 25.2 Å². The first-order valence-electron chi connectivity index (χ1n) is 8.55. The molecule has 22 heavy (non-hydrogen) atoms. The van der Waals surface area contributed by atoms with Gasteiger partial charge >= 0.3 is 8.56 Å². The van der Waals surface area contributed by atoms with Gasteiger partial charge in [-0.2, -0.15) is 0 Å². The molecule has 0 bridgehead atoms. The minimum absolute atomic E-state index is 0.702. The standard InChI is InChI=1S/C14H39N3O2Si3/c1-20(2,13-7-9-15)18-22(5,6)19-21(3,4)14-8-11-17-12-10-16/h17H,7-16H2,1-6H3. The number of nitrogens with two attached hydrogens (primary N) is 2. The monoisotopic (exact) mass is 365 g/mol. The van der Waals surface area contributed by atoms with Crippen molar-refractivity contribution in [3.8, 4) is 0 Å². The van der Waals surface area contributed by atoms with E-state index in [2.05, 4.69) is 44.6 Å². The van der Waals surface area contributed by atoms with Gasteiger partial charge in [-0.15, -0.1) is 0 Å². The number of hydrogen-bond donors (Lipinski definition) is 3. The van der Waals surface area contributed by atoms with Crippen LogP contribution >= 0.6 is 0 Å². The molecule has 0 aromatic rings. The zero-order chi connectivity index (χ0) is 17.3. The molecule has 0 rings (SSSR count). The van der Waals surface area contributed by atoms with Crippen LogP contribution in [0.15, 0.2) is 0 Å². The van der Waals surface area contributed by atoms with Gasteiger partial charge in [0.2, 0.25) is 0 Å². The molecule has 0 aliphatic heterocycles. The summed E-state index contributed by atoms with van der Waals surface area (Å²) in [4.78, 5) is 0. The van der Waals surface area contributed by atoms with Gasteiger partial charge in [0.05, 0.1) is 0 Å². The van der Waals surface area contributed by atoms with Crippen molar-refractivity contribution < 1.29 is 8.23 Å². The van der Waals surface area contributed by atoms with Crippen molar-refractivity contribution in [2.24, 2.45) is 11.5 Å². The number of nitrogens with one attached hydrogen (secondary N) is 1. The van der Waals surface area contributed by atoms with E-state index in [9.17, 15) is 0 Å². The van der Waals surface area contributed by atoms with Gasteiger partial charge in [-0.3, -0.25) is 0 Å². The SMILES string of the molecule is C[Si](C)(CCCN)O[Si](C)(C)O[Si](C)(C)CCCNCCN. The molecule has 0 amide bonds. The summed E-state index contributed by atoms with van der Waals surface area (Å²) in [5.41, 5.74) is 11.1. The lowest BCUT2D eigenvalue weighted by Crippen LogP contribution is -2.52. The maximum absolute atomic E-state index is 6.55. The van der Waals surface area contributed by atoms with Crippen molar-refractivity contribution in [1.29, 1.82) is 0 Å². The predicted octanol–water partition coefficient (Wildman–Crippen LogP) is 2.42. The van der Waals surface area contributed by atoms with Crippen LogP contribution in [0.3, 0.4) is 0 Å². The Morgan fingerprint density at radius 3 is 1.68 bits per heavy atom. The minimum Gasteiger partial charge on any atom is -0.437 e. The summed E-state index contributed by atoms with van der Waals surface area (Å²) in [5.74, 6) is 0. The van der Waals surface area contributed by atoms with E-state index in [1.54, 1.807) is 0 Å². The smallest absolute Gasteiger partial charge is 0.311 e. The van der Waals surface area contributed by atoms with Gasteiger partial charge in [-0.05, 0) is 77.3 Å². The molecule has 0 aliphatic carbocycles. The molecule has 134 valence electrons. The van der Waals surface area contributed by atoms with E-state index in [0.717, 1.165) is 44.6 Å². The molecule has 0 aromatic heterocycles. The zero-order valence-electron chi connectivity index (χ0n) is 15.6. The summed E-state index contributed by atoms with van der Waals surface area (Å²) in [6, 6.07) is 2.28. The second-order valence-electron chi connectivity index (χ2n) is 7.66. The molecular formula is C14H39N3O2Si3. The summed E-state index contributed by atoms with van der Waals surface area (Å²) in [5, 5.41) is 3.35. The Hall–Kier alpha value is 0.451. The van der Waals surface area contributed by atoms with Crippen LogP contribution in [0.4, 0.5) is 0 Å². The maximum atomic E-state index is 6.55. The summed E-state index contributed by atoms with van der Waals surface area (Å²) < 4.78 is 13.1. The molecule has 0 aliphatic rings. The third kappa shape index (κ3) is 11.9. The zero-order valence-corrected chi connectivity index (χ0v) is 18.6. The molecule has 0 saturated heterocycles. The fourth-order valence-electron chi connectivity index (χ4n) is 2.85. The maximum Gasteiger partial charge on any atom is 0.311 e. The van der Waals surface area contributed by atoms with Crippen molar-refractivity contribution in [3.63, 3.8) is 0 Å². The van der Waals surface area contributed by atoms with Crippen molar-refractivity contribution in [3.05, 3.63) is 0 Å². The van der Waals surface area contributed by atoms with Crippen molar-refractivity contribution >= 4 is 25.2 Å². The Bertz CT molecular complexity index is 303. The van der Waals surface area contributed by atoms with Crippen LogP contribution < -0.4 is 16.8 Å². The van der Waals surface area contributed by atoms with Crippen LogP contribution in [-0.4, -0.2) is 51.4 Å². The molecule has 0 fully saturated rings. The second kappa shape index (κ2) is 10.3. The topological polar surface area (TPSA) is 82.5 Å². The average molecular weight is 366 g/mol. The van der Waals surface area contributed by atoms with Crippen LogP contribution in [0, 0.1) is 0 Å². The molecular weight excluding hydrogens is 326 g/mol. The van der Waals surface area contributed by atoms with Crippen LogP contribution in [0.1, 0.15) is 12.8 Å². The highest BCUT2D eigenvalue weighted by molar-refractivity contribution is 6.87. The first-order valence-corrected chi connectivity index (χ1v) is 17.6. The highest BCUT2D eigenvalue weighted by Gasteiger charge is 2.39. The van der Waals surface area contributed by atoms with Gasteiger partial charge in [-0.25, -0.2) is 0 Å². The normalized spacial score (nSPS) is 13.6. The highest BCUT2D eigenvalue weighted by atomic mass is 28.5. The molecule has 5 N–H and O–H groups in total. The fraction of sp³-hybridized carbons (Fsp3) is 1.00. The fourth-order valence-corrected chi connectivity index (χ4v) is 16.9. The molecule has 0 aromatic carbocycles. The summed E-state index contributed by atoms with van der Waals surface area (Å²) in [7, 11) is -5.38. The third-order valence-electron chi connectivity index (χ3n) is 3.48. The molecule has 0 atom stereocenters. The predicted molar refractivity (Wildman–Crippen MR) is 104 cm³/mol. The van der Waals surface area contributed by atoms with Gasteiger partial charge < -0.3 is 25.0 Å². The van der Waals surface area contributed by atoms with Gasteiger partial charge in [0, 0.05) is 13.1 Å². The van der Waals surface area contributed by atoms with Gasteiger partial charge in [-0.1, -0.05) is 0 Å². The summed E-state index contributed by atoms with van der Waals surface area (Å²) >= 11 is 0. The number of rotatable bonds is 13. The molecule has 5 nitrogen and oxygen atoms in total. The molecule has 0 heterocycles. The molecule has 0 unspecified atom stereocenters. The Labute approximate surface area is 141 Å². The largest absolute Gasteiger partial charge is 0.437 e. The first kappa shape index (κ1) is 22.5. The Morgan fingerprint density at radius 1 is 0.727 bits per heavy atom. The number of hydrogen-bond acceptors (Lipinski definition) is 5. The van der Waals surface area contributed by atoms with Crippen LogP contribution in [0.25, 0.3) is 0 Å². The van der Waals surface area contributed by atoms with Gasteiger partial charge in [0.15, 0.2) is 16.6 Å². The van der Waals surface area contributed by atoms with E-state index >= 15 is 0 Å². The lowest BCUT2D eigenvalue weighted by Gasteiger charge is -2.38. The van der Waals surface area contributed by atoms with Crippen LogP contribution in [-0.2, 0) is 8.23 Å². The lowest BCUT2D eigenvalue weighted by atomic mass is 10.5. The van der Waals surface area contributed by atoms with E-state index in [0.29, 0.717) is 6.54 Å². The van der Waals surface area contributed by atoms with Crippen molar-refractivity contribution in [2.75, 3.05) is 26.2 Å². The first-order chi connectivity index (χ1) is 10.0. The van der Waals surface area contributed by atoms with Crippen LogP contribution in [0.2, 0.25) is 51.4 Å². The van der Waals surface area contributed by atoms with E-state index in [1.165, 1.54) is 0 Å². The summed E-state index contributed by atoms with van der Waals surface area (Å²) in [6.45, 7) is 17.0. The van der Waals surface area contributed by atoms with Crippen molar-refractivity contribution in [1.82, 2.24) is 5.32 Å². The van der Waals surface area contributed by atoms with E-state index in [4.69, 9.17) is 19.7 Å².